The van der Waals surface area contributed by atoms with Crippen molar-refractivity contribution in [3.05, 3.63) is 22.4 Å². The lowest BCUT2D eigenvalue weighted by Gasteiger charge is -2.30. The van der Waals surface area contributed by atoms with E-state index in [9.17, 15) is 0 Å². The van der Waals surface area contributed by atoms with Gasteiger partial charge in [-0.25, -0.2) is 5.43 Å². The molecule has 1 N–H and O–H groups in total. The van der Waals surface area contributed by atoms with Crippen LogP contribution in [0.5, 0.6) is 0 Å². The average molecular weight is 375 g/mol. The monoisotopic (exact) mass is 375 g/mol. The number of ether oxygens (including phenoxy) is 2. The van der Waals surface area contributed by atoms with Gasteiger partial charge in [0.15, 0.2) is 0 Å². The second-order valence-electron chi connectivity index (χ2n) is 5.84. The van der Waals surface area contributed by atoms with Gasteiger partial charge in [-0.2, -0.15) is 20.1 Å². The normalized spacial score (nSPS) is 18.5. The zero-order valence-electron chi connectivity index (χ0n) is 14.4. The second-order valence-corrected chi connectivity index (χ2v) is 6.82. The fraction of sp³-hybridized carbons (Fsp3) is 0.500. The van der Waals surface area contributed by atoms with Crippen LogP contribution in [0.4, 0.5) is 17.8 Å². The van der Waals surface area contributed by atoms with Crippen molar-refractivity contribution in [2.45, 2.75) is 0 Å². The predicted molar refractivity (Wildman–Crippen MR) is 101 cm³/mol. The lowest BCUT2D eigenvalue weighted by Crippen LogP contribution is -2.40. The number of anilines is 3. The van der Waals surface area contributed by atoms with E-state index >= 15 is 0 Å². The van der Waals surface area contributed by atoms with Gasteiger partial charge in [0.1, 0.15) is 0 Å². The minimum absolute atomic E-state index is 0.441. The molecule has 10 heteroatoms. The van der Waals surface area contributed by atoms with E-state index in [4.69, 9.17) is 9.47 Å². The van der Waals surface area contributed by atoms with E-state index in [-0.39, 0.29) is 0 Å². The first kappa shape index (κ1) is 17.1. The summed E-state index contributed by atoms with van der Waals surface area (Å²) in [6, 6.07) is 3.99. The third kappa shape index (κ3) is 4.26. The van der Waals surface area contributed by atoms with E-state index in [1.807, 2.05) is 17.5 Å². The fourth-order valence-electron chi connectivity index (χ4n) is 2.73. The molecule has 0 atom stereocenters. The van der Waals surface area contributed by atoms with E-state index in [1.165, 1.54) is 0 Å². The topological polar surface area (TPSA) is 88.0 Å². The van der Waals surface area contributed by atoms with Crippen LogP contribution in [0.15, 0.2) is 22.6 Å². The molecule has 2 fully saturated rings. The minimum Gasteiger partial charge on any atom is -0.378 e. The standard InChI is InChI=1S/C16H21N7O2S/c1-2-13(26-11-1)12-17-21-14-18-15(22-3-7-24-8-4-22)20-16(19-14)23-5-9-25-10-6-23/h1-2,11-12H,3-10H2,(H,18,19,20,21). The summed E-state index contributed by atoms with van der Waals surface area (Å²) in [6.45, 7) is 5.79. The molecule has 0 spiro atoms. The molecule has 4 heterocycles. The Morgan fingerprint density at radius 2 is 1.58 bits per heavy atom. The molecule has 0 aromatic carbocycles. The third-order valence-electron chi connectivity index (χ3n) is 4.10. The Labute approximate surface area is 155 Å². The van der Waals surface area contributed by atoms with Gasteiger partial charge in [0.05, 0.1) is 32.6 Å². The van der Waals surface area contributed by atoms with Crippen molar-refractivity contribution in [1.29, 1.82) is 0 Å². The Hall–Kier alpha value is -2.30. The molecule has 0 bridgehead atoms. The quantitative estimate of drug-likeness (QED) is 0.613. The van der Waals surface area contributed by atoms with Crippen LogP contribution in [0, 0.1) is 0 Å². The third-order valence-corrected chi connectivity index (χ3v) is 4.91. The zero-order chi connectivity index (χ0) is 17.6. The molecule has 138 valence electrons. The SMILES string of the molecule is C(=NNc1nc(N2CCOCC2)nc(N2CCOCC2)n1)c1cccs1. The van der Waals surface area contributed by atoms with Gasteiger partial charge >= 0.3 is 0 Å². The molecule has 0 saturated carbocycles. The van der Waals surface area contributed by atoms with Crippen LogP contribution in [0.2, 0.25) is 0 Å². The molecular formula is C16H21N7O2S. The number of hydrogen-bond donors (Lipinski definition) is 1. The summed E-state index contributed by atoms with van der Waals surface area (Å²) in [6.07, 6.45) is 1.76. The highest BCUT2D eigenvalue weighted by molar-refractivity contribution is 7.11. The molecule has 2 saturated heterocycles. The number of hydrogen-bond acceptors (Lipinski definition) is 10. The van der Waals surface area contributed by atoms with E-state index in [0.29, 0.717) is 44.3 Å². The maximum Gasteiger partial charge on any atom is 0.250 e. The highest BCUT2D eigenvalue weighted by Gasteiger charge is 2.20. The van der Waals surface area contributed by atoms with Gasteiger partial charge in [0.2, 0.25) is 17.8 Å². The fourth-order valence-corrected chi connectivity index (χ4v) is 3.32. The Balaban J connectivity index is 1.56. The summed E-state index contributed by atoms with van der Waals surface area (Å²) in [4.78, 5) is 19.0. The number of hydrazone groups is 1. The molecule has 2 aliphatic rings. The predicted octanol–water partition coefficient (Wildman–Crippen LogP) is 1.05. The van der Waals surface area contributed by atoms with Gasteiger partial charge in [0.25, 0.3) is 0 Å². The maximum atomic E-state index is 5.43. The average Bonchev–Trinajstić information content (AvgIpc) is 3.23. The zero-order valence-corrected chi connectivity index (χ0v) is 15.2. The molecule has 2 aliphatic heterocycles. The first-order valence-corrected chi connectivity index (χ1v) is 9.50. The van der Waals surface area contributed by atoms with Crippen LogP contribution in [0.3, 0.4) is 0 Å². The molecular weight excluding hydrogens is 354 g/mol. The van der Waals surface area contributed by atoms with Gasteiger partial charge in [0, 0.05) is 31.1 Å². The largest absolute Gasteiger partial charge is 0.378 e. The van der Waals surface area contributed by atoms with Crippen molar-refractivity contribution in [3.8, 4) is 0 Å². The van der Waals surface area contributed by atoms with Crippen molar-refractivity contribution in [1.82, 2.24) is 15.0 Å². The summed E-state index contributed by atoms with van der Waals surface area (Å²) in [5.41, 5.74) is 2.94. The summed E-state index contributed by atoms with van der Waals surface area (Å²) in [5, 5.41) is 6.26. The first-order valence-electron chi connectivity index (χ1n) is 8.62. The maximum absolute atomic E-state index is 5.43. The van der Waals surface area contributed by atoms with Crippen molar-refractivity contribution in [3.63, 3.8) is 0 Å². The number of aromatic nitrogens is 3. The summed E-state index contributed by atoms with van der Waals surface area (Å²) < 4.78 is 10.9. The number of morpholine rings is 2. The van der Waals surface area contributed by atoms with Crippen molar-refractivity contribution >= 4 is 35.4 Å². The van der Waals surface area contributed by atoms with E-state index in [1.54, 1.807) is 17.6 Å². The molecule has 26 heavy (non-hydrogen) atoms. The van der Waals surface area contributed by atoms with Gasteiger partial charge < -0.3 is 19.3 Å². The minimum atomic E-state index is 0.441. The van der Waals surface area contributed by atoms with Gasteiger partial charge in [-0.15, -0.1) is 11.3 Å². The number of thiophene rings is 1. The Morgan fingerprint density at radius 3 is 2.12 bits per heavy atom. The molecule has 2 aromatic rings. The van der Waals surface area contributed by atoms with E-state index < -0.39 is 0 Å². The first-order chi connectivity index (χ1) is 12.9. The Kier molecular flexibility index (Phi) is 5.53. The molecule has 0 radical (unpaired) electrons. The Bertz CT molecular complexity index is 692. The highest BCUT2D eigenvalue weighted by Crippen LogP contribution is 2.18. The molecule has 0 amide bonds. The van der Waals surface area contributed by atoms with Crippen LogP contribution in [-0.4, -0.2) is 73.8 Å². The highest BCUT2D eigenvalue weighted by atomic mass is 32.1. The van der Waals surface area contributed by atoms with E-state index in [0.717, 1.165) is 31.1 Å². The number of rotatable bonds is 5. The van der Waals surface area contributed by atoms with E-state index in [2.05, 4.69) is 35.3 Å². The lowest BCUT2D eigenvalue weighted by atomic mass is 10.4. The summed E-state index contributed by atoms with van der Waals surface area (Å²) in [5.74, 6) is 1.74. The smallest absolute Gasteiger partial charge is 0.250 e. The molecule has 9 nitrogen and oxygen atoms in total. The van der Waals surface area contributed by atoms with Crippen LogP contribution in [0.1, 0.15) is 4.88 Å². The Morgan fingerprint density at radius 1 is 0.962 bits per heavy atom. The summed E-state index contributed by atoms with van der Waals surface area (Å²) >= 11 is 1.62. The van der Waals surface area contributed by atoms with Crippen molar-refractivity contribution < 1.29 is 9.47 Å². The lowest BCUT2D eigenvalue weighted by molar-refractivity contribution is 0.121. The van der Waals surface area contributed by atoms with Crippen LogP contribution >= 0.6 is 11.3 Å². The van der Waals surface area contributed by atoms with Gasteiger partial charge in [-0.1, -0.05) is 6.07 Å². The molecule has 0 unspecified atom stereocenters. The second kappa shape index (κ2) is 8.39. The molecule has 2 aromatic heterocycles. The van der Waals surface area contributed by atoms with Crippen LogP contribution < -0.4 is 15.2 Å². The van der Waals surface area contributed by atoms with Crippen LogP contribution in [-0.2, 0) is 9.47 Å². The van der Waals surface area contributed by atoms with Crippen molar-refractivity contribution in [2.75, 3.05) is 67.8 Å². The molecule has 4 rings (SSSR count). The van der Waals surface area contributed by atoms with Gasteiger partial charge in [-0.05, 0) is 11.4 Å². The number of nitrogens with one attached hydrogen (secondary N) is 1. The summed E-state index contributed by atoms with van der Waals surface area (Å²) in [7, 11) is 0. The van der Waals surface area contributed by atoms with Gasteiger partial charge in [-0.3, -0.25) is 0 Å². The molecule has 0 aliphatic carbocycles. The van der Waals surface area contributed by atoms with Crippen molar-refractivity contribution in [2.24, 2.45) is 5.10 Å². The number of nitrogens with zero attached hydrogens (tertiary/aromatic N) is 6. The van der Waals surface area contributed by atoms with Crippen LogP contribution in [0.25, 0.3) is 0 Å².